The first-order valence-electron chi connectivity index (χ1n) is 9.15. The van der Waals surface area contributed by atoms with Crippen LogP contribution in [0.3, 0.4) is 0 Å². The summed E-state index contributed by atoms with van der Waals surface area (Å²) in [6, 6.07) is 12.8. The van der Waals surface area contributed by atoms with Crippen LogP contribution in [0.1, 0.15) is 49.8 Å². The molecule has 1 fully saturated rings. The number of methoxy groups -OCH3 is 1. The van der Waals surface area contributed by atoms with E-state index in [9.17, 15) is 0 Å². The highest BCUT2D eigenvalue weighted by Gasteiger charge is 2.28. The normalized spacial score (nSPS) is 19.9. The minimum Gasteiger partial charge on any atom is -0.493 e. The van der Waals surface area contributed by atoms with Crippen LogP contribution in [0.4, 0.5) is 11.4 Å². The molecule has 0 spiro atoms. The molecule has 1 saturated carbocycles. The van der Waals surface area contributed by atoms with Crippen molar-refractivity contribution in [3.8, 4) is 11.5 Å². The van der Waals surface area contributed by atoms with Crippen LogP contribution in [-0.2, 0) is 6.54 Å². The lowest BCUT2D eigenvalue weighted by Gasteiger charge is -2.26. The van der Waals surface area contributed by atoms with Crippen molar-refractivity contribution in [1.29, 1.82) is 0 Å². The van der Waals surface area contributed by atoms with E-state index in [1.165, 1.54) is 24.0 Å². The van der Waals surface area contributed by atoms with E-state index in [1.807, 2.05) is 12.1 Å². The van der Waals surface area contributed by atoms with Gasteiger partial charge < -0.3 is 20.1 Å². The third-order valence-electron chi connectivity index (χ3n) is 5.50. The lowest BCUT2D eigenvalue weighted by Crippen LogP contribution is -2.19. The Balaban J connectivity index is 1.62. The number of nitrogens with two attached hydrogens (primary N) is 1. The van der Waals surface area contributed by atoms with Crippen LogP contribution in [-0.4, -0.2) is 13.2 Å². The molecule has 0 bridgehead atoms. The number of nitrogen functional groups attached to an aromatic ring is 1. The fraction of sp³-hybridized carbons (Fsp3) is 0.429. The number of fused-ring (bicyclic) bond motifs is 1. The summed E-state index contributed by atoms with van der Waals surface area (Å²) in [4.78, 5) is 2.39. The minimum atomic E-state index is 0.317. The first-order chi connectivity index (χ1) is 12.2. The third kappa shape index (κ3) is 3.01. The molecule has 132 valence electrons. The molecule has 1 aliphatic carbocycles. The molecular weight excluding hydrogens is 312 g/mol. The molecule has 4 rings (SSSR count). The average Bonchev–Trinajstić information content (AvgIpc) is 3.23. The average molecular weight is 338 g/mol. The Labute approximate surface area is 149 Å². The number of hydrogen-bond donors (Lipinski definition) is 1. The third-order valence-corrected chi connectivity index (χ3v) is 5.50. The fourth-order valence-electron chi connectivity index (χ4n) is 4.10. The van der Waals surface area contributed by atoms with Crippen molar-refractivity contribution < 1.29 is 9.47 Å². The molecule has 0 amide bonds. The summed E-state index contributed by atoms with van der Waals surface area (Å²) >= 11 is 0. The van der Waals surface area contributed by atoms with Gasteiger partial charge >= 0.3 is 0 Å². The van der Waals surface area contributed by atoms with Gasteiger partial charge in [0, 0.05) is 24.0 Å². The Morgan fingerprint density at radius 3 is 2.60 bits per heavy atom. The van der Waals surface area contributed by atoms with E-state index in [1.54, 1.807) is 7.11 Å². The van der Waals surface area contributed by atoms with E-state index in [2.05, 4.69) is 36.1 Å². The summed E-state index contributed by atoms with van der Waals surface area (Å²) in [5.74, 6) is 1.67. The van der Waals surface area contributed by atoms with Crippen LogP contribution >= 0.6 is 0 Å². The molecule has 1 heterocycles. The highest BCUT2D eigenvalue weighted by Crippen LogP contribution is 2.41. The van der Waals surface area contributed by atoms with E-state index in [-0.39, 0.29) is 0 Å². The summed E-state index contributed by atoms with van der Waals surface area (Å²) in [7, 11) is 1.70. The lowest BCUT2D eigenvalue weighted by molar-refractivity contribution is 0.201. The van der Waals surface area contributed by atoms with Crippen molar-refractivity contribution in [2.24, 2.45) is 0 Å². The quantitative estimate of drug-likeness (QED) is 0.822. The van der Waals surface area contributed by atoms with Crippen molar-refractivity contribution in [2.75, 3.05) is 17.7 Å². The summed E-state index contributed by atoms with van der Waals surface area (Å²) in [5, 5.41) is 0. The Bertz CT molecular complexity index is 768. The molecule has 2 N–H and O–H groups in total. The minimum absolute atomic E-state index is 0.317. The standard InChI is InChI=1S/C21H26N2O2/c1-14-19-9-7-16(22)11-15(19)13-23(14)17-8-10-20(24-2)21(12-17)25-18-5-3-4-6-18/h7-12,14,18H,3-6,13,22H2,1-2H3. The highest BCUT2D eigenvalue weighted by molar-refractivity contribution is 5.61. The first-order valence-corrected chi connectivity index (χ1v) is 9.15. The number of hydrogen-bond acceptors (Lipinski definition) is 4. The molecule has 2 aromatic rings. The largest absolute Gasteiger partial charge is 0.493 e. The number of rotatable bonds is 4. The van der Waals surface area contributed by atoms with Gasteiger partial charge in [-0.15, -0.1) is 0 Å². The summed E-state index contributed by atoms with van der Waals surface area (Å²) in [6.07, 6.45) is 5.10. The maximum absolute atomic E-state index is 6.26. The molecule has 4 nitrogen and oxygen atoms in total. The monoisotopic (exact) mass is 338 g/mol. The molecule has 1 atom stereocenters. The Morgan fingerprint density at radius 1 is 1.04 bits per heavy atom. The Kier molecular flexibility index (Phi) is 4.20. The van der Waals surface area contributed by atoms with Gasteiger partial charge in [-0.1, -0.05) is 6.07 Å². The van der Waals surface area contributed by atoms with Crippen molar-refractivity contribution in [3.63, 3.8) is 0 Å². The lowest BCUT2D eigenvalue weighted by atomic mass is 10.1. The van der Waals surface area contributed by atoms with E-state index >= 15 is 0 Å². The SMILES string of the molecule is COc1ccc(N2Cc3cc(N)ccc3C2C)cc1OC1CCCC1. The summed E-state index contributed by atoms with van der Waals surface area (Å²) < 4.78 is 11.8. The van der Waals surface area contributed by atoms with E-state index in [0.29, 0.717) is 12.1 Å². The number of benzene rings is 2. The van der Waals surface area contributed by atoms with Crippen LogP contribution < -0.4 is 20.1 Å². The van der Waals surface area contributed by atoms with Gasteiger partial charge in [-0.2, -0.15) is 0 Å². The van der Waals surface area contributed by atoms with E-state index in [4.69, 9.17) is 15.2 Å². The molecule has 0 saturated heterocycles. The van der Waals surface area contributed by atoms with Crippen molar-refractivity contribution >= 4 is 11.4 Å². The van der Waals surface area contributed by atoms with Gasteiger partial charge in [-0.05, 0) is 68.0 Å². The molecule has 4 heteroatoms. The van der Waals surface area contributed by atoms with Gasteiger partial charge in [0.2, 0.25) is 0 Å². The van der Waals surface area contributed by atoms with Crippen LogP contribution in [0.15, 0.2) is 36.4 Å². The van der Waals surface area contributed by atoms with E-state index in [0.717, 1.165) is 42.3 Å². The second-order valence-electron chi connectivity index (χ2n) is 7.12. The molecule has 2 aliphatic rings. The maximum Gasteiger partial charge on any atom is 0.163 e. The summed E-state index contributed by atoms with van der Waals surface area (Å²) in [6.45, 7) is 3.11. The smallest absolute Gasteiger partial charge is 0.163 e. The Morgan fingerprint density at radius 2 is 1.84 bits per heavy atom. The molecule has 0 radical (unpaired) electrons. The van der Waals surface area contributed by atoms with Gasteiger partial charge in [0.05, 0.1) is 19.3 Å². The van der Waals surface area contributed by atoms with Gasteiger partial charge in [-0.3, -0.25) is 0 Å². The zero-order valence-corrected chi connectivity index (χ0v) is 15.0. The van der Waals surface area contributed by atoms with Crippen molar-refractivity contribution in [1.82, 2.24) is 0 Å². The van der Waals surface area contributed by atoms with Crippen LogP contribution in [0.5, 0.6) is 11.5 Å². The van der Waals surface area contributed by atoms with Gasteiger partial charge in [-0.25, -0.2) is 0 Å². The predicted octanol–water partition coefficient (Wildman–Crippen LogP) is 4.68. The van der Waals surface area contributed by atoms with Crippen LogP contribution in [0, 0.1) is 0 Å². The van der Waals surface area contributed by atoms with Crippen LogP contribution in [0.2, 0.25) is 0 Å². The van der Waals surface area contributed by atoms with E-state index < -0.39 is 0 Å². The molecule has 1 unspecified atom stereocenters. The Hall–Kier alpha value is -2.36. The zero-order valence-electron chi connectivity index (χ0n) is 15.0. The van der Waals surface area contributed by atoms with Gasteiger partial charge in [0.15, 0.2) is 11.5 Å². The van der Waals surface area contributed by atoms with Crippen molar-refractivity contribution in [2.45, 2.75) is 51.3 Å². The zero-order chi connectivity index (χ0) is 17.4. The second-order valence-corrected chi connectivity index (χ2v) is 7.12. The topological polar surface area (TPSA) is 47.7 Å². The van der Waals surface area contributed by atoms with Crippen LogP contribution in [0.25, 0.3) is 0 Å². The maximum atomic E-state index is 6.26. The highest BCUT2D eigenvalue weighted by atomic mass is 16.5. The number of anilines is 2. The number of ether oxygens (including phenoxy) is 2. The molecule has 25 heavy (non-hydrogen) atoms. The van der Waals surface area contributed by atoms with Gasteiger partial charge in [0.1, 0.15) is 0 Å². The second kappa shape index (κ2) is 6.51. The summed E-state index contributed by atoms with van der Waals surface area (Å²) in [5.41, 5.74) is 10.6. The molecule has 1 aliphatic heterocycles. The van der Waals surface area contributed by atoms with Gasteiger partial charge in [0.25, 0.3) is 0 Å². The fourth-order valence-corrected chi connectivity index (χ4v) is 4.10. The molecular formula is C21H26N2O2. The predicted molar refractivity (Wildman–Crippen MR) is 101 cm³/mol. The molecule has 2 aromatic carbocycles. The molecule has 0 aromatic heterocycles. The van der Waals surface area contributed by atoms with Crippen molar-refractivity contribution in [3.05, 3.63) is 47.5 Å². The number of nitrogens with zero attached hydrogens (tertiary/aromatic N) is 1. The first kappa shape index (κ1) is 16.1.